The highest BCUT2D eigenvalue weighted by molar-refractivity contribution is 9.11. The van der Waals surface area contributed by atoms with Crippen LogP contribution in [0.3, 0.4) is 0 Å². The highest BCUT2D eigenvalue weighted by atomic mass is 79.9. The number of methoxy groups -OCH3 is 1. The Hall–Kier alpha value is -2.34. The van der Waals surface area contributed by atoms with Gasteiger partial charge in [-0.1, -0.05) is 53.0 Å². The molecule has 0 spiro atoms. The van der Waals surface area contributed by atoms with E-state index in [4.69, 9.17) is 18.5 Å². The second kappa shape index (κ2) is 13.5. The number of ether oxygens (including phenoxy) is 2. The molecule has 2 fully saturated rings. The van der Waals surface area contributed by atoms with E-state index in [2.05, 4.69) is 26.3 Å². The third-order valence-electron chi connectivity index (χ3n) is 7.38. The quantitative estimate of drug-likeness (QED) is 0.196. The molecule has 1 saturated heterocycles. The Morgan fingerprint density at radius 1 is 1.27 bits per heavy atom. The average Bonchev–Trinajstić information content (AvgIpc) is 3.55. The molecule has 4 rings (SSSR count). The summed E-state index contributed by atoms with van der Waals surface area (Å²) in [5, 5.41) is 16.0. The van der Waals surface area contributed by atoms with Gasteiger partial charge in [0.05, 0.1) is 31.8 Å². The van der Waals surface area contributed by atoms with Gasteiger partial charge >= 0.3 is 13.7 Å². The minimum absolute atomic E-state index is 0.127. The summed E-state index contributed by atoms with van der Waals surface area (Å²) in [4.78, 5) is 39.5. The Bertz CT molecular complexity index is 1190. The lowest BCUT2D eigenvalue weighted by Crippen LogP contribution is -2.50. The third kappa shape index (κ3) is 7.29. The summed E-state index contributed by atoms with van der Waals surface area (Å²) in [7, 11) is -2.92. The molecule has 2 aliphatic heterocycles. The van der Waals surface area contributed by atoms with Gasteiger partial charge < -0.3 is 19.1 Å². The van der Waals surface area contributed by atoms with Crippen molar-refractivity contribution in [2.45, 2.75) is 68.8 Å². The molecule has 1 aliphatic carbocycles. The molecular formula is C27H34BrN2O9P. The number of amides is 2. The fraction of sp³-hybridized carbons (Fsp3) is 0.519. The molecule has 2 heterocycles. The van der Waals surface area contributed by atoms with Gasteiger partial charge in [-0.15, -0.1) is 0 Å². The fourth-order valence-electron chi connectivity index (χ4n) is 5.33. The van der Waals surface area contributed by atoms with E-state index in [1.807, 2.05) is 0 Å². The van der Waals surface area contributed by atoms with Gasteiger partial charge in [-0.05, 0) is 48.9 Å². The van der Waals surface area contributed by atoms with Crippen molar-refractivity contribution in [3.8, 4) is 5.75 Å². The number of imide groups is 1. The summed E-state index contributed by atoms with van der Waals surface area (Å²) in [6, 6.07) is 8.40. The lowest BCUT2D eigenvalue weighted by atomic mass is 9.91. The van der Waals surface area contributed by atoms with E-state index >= 15 is 0 Å². The number of para-hydroxylation sites is 1. The number of aliphatic hydroxyl groups excluding tert-OH is 1. The van der Waals surface area contributed by atoms with Gasteiger partial charge in [0.1, 0.15) is 17.4 Å². The van der Waals surface area contributed by atoms with E-state index < -0.39 is 55.3 Å². The van der Waals surface area contributed by atoms with Gasteiger partial charge in [0.15, 0.2) is 0 Å². The van der Waals surface area contributed by atoms with Crippen LogP contribution in [0.15, 0.2) is 53.0 Å². The Kier molecular flexibility index (Phi) is 10.4. The van der Waals surface area contributed by atoms with Crippen LogP contribution in [0.1, 0.15) is 44.9 Å². The fourth-order valence-corrected chi connectivity index (χ4v) is 7.36. The van der Waals surface area contributed by atoms with Crippen LogP contribution in [0, 0.1) is 5.92 Å². The van der Waals surface area contributed by atoms with Crippen molar-refractivity contribution in [1.82, 2.24) is 10.4 Å². The molecule has 40 heavy (non-hydrogen) atoms. The van der Waals surface area contributed by atoms with E-state index in [1.54, 1.807) is 42.5 Å². The van der Waals surface area contributed by atoms with Crippen molar-refractivity contribution >= 4 is 41.5 Å². The zero-order valence-electron chi connectivity index (χ0n) is 22.1. The number of benzene rings is 1. The maximum Gasteiger partial charge on any atom is 0.459 e. The first-order valence-corrected chi connectivity index (χ1v) is 15.7. The van der Waals surface area contributed by atoms with Crippen LogP contribution in [0.5, 0.6) is 5.75 Å². The molecule has 13 heteroatoms. The first kappa shape index (κ1) is 30.6. The smallest absolute Gasteiger partial charge is 0.459 e. The number of rotatable bonds is 10. The number of hydrogen-bond donors (Lipinski definition) is 3. The van der Waals surface area contributed by atoms with Crippen molar-refractivity contribution in [1.29, 1.82) is 0 Å². The first-order valence-electron chi connectivity index (χ1n) is 13.2. The molecule has 11 nitrogen and oxygen atoms in total. The summed E-state index contributed by atoms with van der Waals surface area (Å²) in [5.74, 6) is -1.98. The summed E-state index contributed by atoms with van der Waals surface area (Å²) >= 11 is 3.13. The number of carbonyl (C=O) groups excluding carboxylic acids is 3. The van der Waals surface area contributed by atoms with Gasteiger partial charge in [0.25, 0.3) is 5.91 Å². The van der Waals surface area contributed by atoms with Gasteiger partial charge in [-0.3, -0.25) is 24.2 Å². The molecule has 3 aliphatic rings. The van der Waals surface area contributed by atoms with Crippen LogP contribution in [-0.2, 0) is 32.9 Å². The van der Waals surface area contributed by atoms with E-state index in [0.717, 1.165) is 12.8 Å². The van der Waals surface area contributed by atoms with Gasteiger partial charge in [0.2, 0.25) is 5.91 Å². The zero-order chi connectivity index (χ0) is 28.8. The van der Waals surface area contributed by atoms with Crippen molar-refractivity contribution in [2.24, 2.45) is 5.92 Å². The van der Waals surface area contributed by atoms with Crippen LogP contribution >= 0.6 is 23.7 Å². The molecule has 0 radical (unpaired) electrons. The molecule has 3 N–H and O–H groups in total. The third-order valence-corrected chi connectivity index (χ3v) is 9.29. The summed E-state index contributed by atoms with van der Waals surface area (Å²) in [6.07, 6.45) is 3.92. The monoisotopic (exact) mass is 640 g/mol. The molecule has 0 aromatic heterocycles. The Balaban J connectivity index is 1.47. The lowest BCUT2D eigenvalue weighted by molar-refractivity contribution is -0.147. The minimum Gasteiger partial charge on any atom is -0.468 e. The number of allylic oxidation sites excluding steroid dienone is 1. The van der Waals surface area contributed by atoms with Crippen LogP contribution in [0.2, 0.25) is 0 Å². The largest absolute Gasteiger partial charge is 0.468 e. The number of nitrogens with one attached hydrogen (secondary N) is 2. The van der Waals surface area contributed by atoms with Crippen LogP contribution in [-0.4, -0.2) is 60.5 Å². The lowest BCUT2D eigenvalue weighted by Gasteiger charge is -2.32. The molecule has 1 saturated carbocycles. The van der Waals surface area contributed by atoms with E-state index in [-0.39, 0.29) is 18.8 Å². The normalized spacial score (nSPS) is 29.6. The topological polar surface area (TPSA) is 149 Å². The second-order valence-electron chi connectivity index (χ2n) is 10.1. The summed E-state index contributed by atoms with van der Waals surface area (Å²) in [5.41, 5.74) is -0.868. The number of aliphatic hydroxyl groups is 1. The molecule has 1 aromatic rings. The Morgan fingerprint density at radius 2 is 2.00 bits per heavy atom. The van der Waals surface area contributed by atoms with Crippen LogP contribution in [0.25, 0.3) is 0 Å². The van der Waals surface area contributed by atoms with E-state index in [1.165, 1.54) is 12.1 Å². The van der Waals surface area contributed by atoms with Crippen molar-refractivity contribution in [2.75, 3.05) is 13.7 Å². The van der Waals surface area contributed by atoms with Crippen molar-refractivity contribution in [3.05, 3.63) is 53.0 Å². The predicted molar refractivity (Wildman–Crippen MR) is 148 cm³/mol. The number of hydrogen-bond acceptors (Lipinski definition) is 9. The number of esters is 1. The number of carbonyl (C=O) groups is 3. The molecular weight excluding hydrogens is 607 g/mol. The zero-order valence-corrected chi connectivity index (χ0v) is 24.6. The highest BCUT2D eigenvalue weighted by Crippen LogP contribution is 2.50. The Morgan fingerprint density at radius 3 is 2.67 bits per heavy atom. The highest BCUT2D eigenvalue weighted by Gasteiger charge is 2.50. The van der Waals surface area contributed by atoms with Crippen molar-refractivity contribution < 1.29 is 42.6 Å². The molecule has 2 amide bonds. The molecule has 1 aromatic carbocycles. The van der Waals surface area contributed by atoms with Crippen LogP contribution in [0.4, 0.5) is 0 Å². The standard InChI is InChI=1S/C27H34BrN2O9P/c1-36-26(34)27(13-5-6-14-27)30-40(35,39-19-9-3-2-4-10-19)37-17-23-21(31)16-22(38-23)20-11-7-8-18(12-15-28)24(32)29-25(20)33/h2-4,8-10,12,15,20-23,31H,5-7,11,13-14,16-17H2,1H3,(H,30,35)(H,29,32,33)/b15-12+,18-8-/t20?,21?,22-,23-,40?/m1/s1. The number of halogens is 1. The first-order chi connectivity index (χ1) is 19.2. The maximum atomic E-state index is 14.0. The second-order valence-corrected chi connectivity index (χ2v) is 12.2. The molecule has 3 unspecified atom stereocenters. The SMILES string of the molecule is COC(=O)C1(NP(=O)(OC[C@H]2O[C@@H](C3CC/C=C(/C=C/Br)C(=O)NC3=O)CC2O)Oc2ccccc2)CCCC1. The maximum absolute atomic E-state index is 14.0. The minimum atomic E-state index is -4.18. The molecule has 5 atom stereocenters. The predicted octanol–water partition coefficient (Wildman–Crippen LogP) is 3.67. The van der Waals surface area contributed by atoms with Crippen LogP contribution < -0.4 is 14.9 Å². The Labute approximate surface area is 241 Å². The average molecular weight is 641 g/mol. The van der Waals surface area contributed by atoms with E-state index in [0.29, 0.717) is 31.3 Å². The summed E-state index contributed by atoms with van der Waals surface area (Å²) < 4.78 is 36.6. The van der Waals surface area contributed by atoms with Gasteiger partial charge in [0, 0.05) is 12.0 Å². The molecule has 0 bridgehead atoms. The van der Waals surface area contributed by atoms with E-state index in [9.17, 15) is 24.1 Å². The van der Waals surface area contributed by atoms with Gasteiger partial charge in [-0.2, -0.15) is 5.09 Å². The summed E-state index contributed by atoms with van der Waals surface area (Å²) in [6.45, 7) is -0.334. The van der Waals surface area contributed by atoms with Crippen molar-refractivity contribution in [3.63, 3.8) is 0 Å². The van der Waals surface area contributed by atoms with Gasteiger partial charge in [-0.25, -0.2) is 4.57 Å². The molecule has 218 valence electrons.